The number of aryl methyl sites for hydroxylation is 2. The molecule has 1 atom stereocenters. The van der Waals surface area contributed by atoms with Gasteiger partial charge in [0.1, 0.15) is 11.0 Å². The Morgan fingerprint density at radius 2 is 1.88 bits per heavy atom. The Balaban J connectivity index is 2.20. The fourth-order valence-electron chi connectivity index (χ4n) is 2.05. The zero-order valence-electron chi connectivity index (χ0n) is 13.6. The van der Waals surface area contributed by atoms with E-state index in [4.69, 9.17) is 4.52 Å². The van der Waals surface area contributed by atoms with E-state index in [1.807, 2.05) is 5.32 Å². The number of benzene rings is 1. The molecular formula is C15H15F3N2O4S. The molecule has 0 fully saturated rings. The Morgan fingerprint density at radius 3 is 2.44 bits per heavy atom. The molecule has 136 valence electrons. The van der Waals surface area contributed by atoms with Crippen LogP contribution in [-0.2, 0) is 20.4 Å². The highest BCUT2D eigenvalue weighted by molar-refractivity contribution is 7.92. The maximum atomic E-state index is 13.6. The molecule has 6 nitrogen and oxygen atoms in total. The average molecular weight is 376 g/mol. The zero-order chi connectivity index (χ0) is 18.9. The number of nitrogens with zero attached hydrogens (tertiary/aromatic N) is 1. The summed E-state index contributed by atoms with van der Waals surface area (Å²) in [6, 6.07) is 1.43. The van der Waals surface area contributed by atoms with E-state index in [1.165, 1.54) is 6.92 Å². The second-order valence-electron chi connectivity index (χ2n) is 5.46. The number of anilines is 1. The molecule has 0 aliphatic rings. The van der Waals surface area contributed by atoms with E-state index in [1.54, 1.807) is 6.92 Å². The molecule has 25 heavy (non-hydrogen) atoms. The molecule has 1 aromatic heterocycles. The highest BCUT2D eigenvalue weighted by Gasteiger charge is 2.31. The molecule has 2 rings (SSSR count). The number of rotatable bonds is 5. The lowest BCUT2D eigenvalue weighted by molar-refractivity contribution is -0.115. The summed E-state index contributed by atoms with van der Waals surface area (Å²) in [5.74, 6) is -6.05. The lowest BCUT2D eigenvalue weighted by atomic mass is 10.2. The fourth-order valence-corrected chi connectivity index (χ4v) is 3.50. The standard InChI is InChI=1S/C15H15F3N2O4S/c1-7-10(8(2)24-20-7)6-25(22,23)9(3)15(21)19-12-5-4-11(16)13(17)14(12)18/h4-5,9H,6H2,1-3H3,(H,19,21). The molecule has 0 saturated carbocycles. The number of halogens is 3. The molecule has 0 saturated heterocycles. The van der Waals surface area contributed by atoms with Gasteiger partial charge in [0.15, 0.2) is 27.3 Å². The Hall–Kier alpha value is -2.36. The average Bonchev–Trinajstić information content (AvgIpc) is 2.86. The van der Waals surface area contributed by atoms with Crippen LogP contribution in [0.2, 0.25) is 0 Å². The van der Waals surface area contributed by atoms with Crippen molar-refractivity contribution in [3.8, 4) is 0 Å². The predicted octanol–water partition coefficient (Wildman–Crippen LogP) is 2.65. The summed E-state index contributed by atoms with van der Waals surface area (Å²) in [5.41, 5.74) is 0.0577. The maximum absolute atomic E-state index is 13.6. The molecule has 0 aliphatic carbocycles. The topological polar surface area (TPSA) is 89.3 Å². The van der Waals surface area contributed by atoms with Crippen LogP contribution in [0.25, 0.3) is 0 Å². The third kappa shape index (κ3) is 3.84. The molecule has 10 heteroatoms. The number of hydrogen-bond donors (Lipinski definition) is 1. The minimum absolute atomic E-state index is 0.306. The molecular weight excluding hydrogens is 361 g/mol. The number of hydrogen-bond acceptors (Lipinski definition) is 5. The molecule has 2 aromatic rings. The summed E-state index contributed by atoms with van der Waals surface area (Å²) in [7, 11) is -3.98. The lowest BCUT2D eigenvalue weighted by Crippen LogP contribution is -2.34. The van der Waals surface area contributed by atoms with E-state index in [0.717, 1.165) is 13.0 Å². The van der Waals surface area contributed by atoms with Crippen LogP contribution in [0.15, 0.2) is 16.7 Å². The van der Waals surface area contributed by atoms with Gasteiger partial charge >= 0.3 is 0 Å². The van der Waals surface area contributed by atoms with Gasteiger partial charge in [-0.25, -0.2) is 21.6 Å². The molecule has 1 amide bonds. The van der Waals surface area contributed by atoms with Gasteiger partial charge in [0.25, 0.3) is 0 Å². The van der Waals surface area contributed by atoms with E-state index >= 15 is 0 Å². The zero-order valence-corrected chi connectivity index (χ0v) is 14.4. The van der Waals surface area contributed by atoms with Gasteiger partial charge in [-0.15, -0.1) is 0 Å². The monoisotopic (exact) mass is 376 g/mol. The quantitative estimate of drug-likeness (QED) is 0.811. The highest BCUT2D eigenvalue weighted by atomic mass is 32.2. The van der Waals surface area contributed by atoms with E-state index in [9.17, 15) is 26.4 Å². The first-order chi connectivity index (χ1) is 11.5. The van der Waals surface area contributed by atoms with Gasteiger partial charge in [0, 0.05) is 5.56 Å². The van der Waals surface area contributed by atoms with Gasteiger partial charge in [-0.3, -0.25) is 4.79 Å². The Labute approximate surface area is 141 Å². The van der Waals surface area contributed by atoms with E-state index in [2.05, 4.69) is 5.16 Å². The molecule has 0 spiro atoms. The van der Waals surface area contributed by atoms with Crippen molar-refractivity contribution in [1.82, 2.24) is 5.16 Å². The number of sulfone groups is 1. The van der Waals surface area contributed by atoms with Crippen molar-refractivity contribution < 1.29 is 30.9 Å². The minimum atomic E-state index is -3.98. The van der Waals surface area contributed by atoms with Crippen LogP contribution < -0.4 is 5.32 Å². The molecule has 1 aromatic carbocycles. The smallest absolute Gasteiger partial charge is 0.242 e. The molecule has 0 radical (unpaired) electrons. The maximum Gasteiger partial charge on any atom is 0.242 e. The molecule has 1 N–H and O–H groups in total. The van der Waals surface area contributed by atoms with Crippen LogP contribution in [0, 0.1) is 31.3 Å². The van der Waals surface area contributed by atoms with Crippen molar-refractivity contribution in [2.24, 2.45) is 0 Å². The van der Waals surface area contributed by atoms with Gasteiger partial charge in [-0.1, -0.05) is 5.16 Å². The number of carbonyl (C=O) groups excluding carboxylic acids is 1. The third-order valence-electron chi connectivity index (χ3n) is 3.73. The van der Waals surface area contributed by atoms with Crippen LogP contribution in [-0.4, -0.2) is 24.7 Å². The number of nitrogens with one attached hydrogen (secondary N) is 1. The van der Waals surface area contributed by atoms with E-state index in [-0.39, 0.29) is 0 Å². The summed E-state index contributed by atoms with van der Waals surface area (Å²) in [6.45, 7) is 4.20. The van der Waals surface area contributed by atoms with Crippen molar-refractivity contribution in [2.75, 3.05) is 5.32 Å². The summed E-state index contributed by atoms with van der Waals surface area (Å²) in [4.78, 5) is 12.1. The number of carbonyl (C=O) groups is 1. The van der Waals surface area contributed by atoms with Gasteiger partial charge < -0.3 is 9.84 Å². The molecule has 0 bridgehead atoms. The highest BCUT2D eigenvalue weighted by Crippen LogP contribution is 2.22. The molecule has 0 aliphatic heterocycles. The van der Waals surface area contributed by atoms with Crippen LogP contribution in [0.1, 0.15) is 23.9 Å². The van der Waals surface area contributed by atoms with E-state index in [0.29, 0.717) is 23.1 Å². The first-order valence-electron chi connectivity index (χ1n) is 7.12. The lowest BCUT2D eigenvalue weighted by Gasteiger charge is -2.14. The van der Waals surface area contributed by atoms with Gasteiger partial charge in [0.05, 0.1) is 17.1 Å². The minimum Gasteiger partial charge on any atom is -0.361 e. The van der Waals surface area contributed by atoms with Crippen molar-refractivity contribution in [3.05, 3.63) is 46.6 Å². The SMILES string of the molecule is Cc1noc(C)c1CS(=O)(=O)C(C)C(=O)Nc1ccc(F)c(F)c1F. The van der Waals surface area contributed by atoms with Crippen molar-refractivity contribution in [1.29, 1.82) is 0 Å². The second kappa shape index (κ2) is 6.87. The van der Waals surface area contributed by atoms with Gasteiger partial charge in [0.2, 0.25) is 5.91 Å². The van der Waals surface area contributed by atoms with Crippen LogP contribution >= 0.6 is 0 Å². The largest absolute Gasteiger partial charge is 0.361 e. The number of aromatic nitrogens is 1. The van der Waals surface area contributed by atoms with Crippen molar-refractivity contribution >= 4 is 21.4 Å². The van der Waals surface area contributed by atoms with Gasteiger partial charge in [-0.05, 0) is 32.9 Å². The number of amides is 1. The first-order valence-corrected chi connectivity index (χ1v) is 8.83. The summed E-state index contributed by atoms with van der Waals surface area (Å²) < 4.78 is 69.3. The third-order valence-corrected chi connectivity index (χ3v) is 5.71. The summed E-state index contributed by atoms with van der Waals surface area (Å²) >= 11 is 0. The molecule has 1 heterocycles. The Kier molecular flexibility index (Phi) is 5.21. The van der Waals surface area contributed by atoms with Crippen LogP contribution in [0.5, 0.6) is 0 Å². The predicted molar refractivity (Wildman–Crippen MR) is 83.0 cm³/mol. The second-order valence-corrected chi connectivity index (χ2v) is 7.79. The Bertz CT molecular complexity index is 906. The van der Waals surface area contributed by atoms with Crippen molar-refractivity contribution in [3.63, 3.8) is 0 Å². The normalized spacial score (nSPS) is 12.9. The van der Waals surface area contributed by atoms with Crippen LogP contribution in [0.4, 0.5) is 18.9 Å². The molecule has 1 unspecified atom stereocenters. The Morgan fingerprint density at radius 1 is 1.24 bits per heavy atom. The van der Waals surface area contributed by atoms with Gasteiger partial charge in [-0.2, -0.15) is 0 Å². The van der Waals surface area contributed by atoms with E-state index < -0.39 is 49.9 Å². The van der Waals surface area contributed by atoms with Crippen LogP contribution in [0.3, 0.4) is 0 Å². The summed E-state index contributed by atoms with van der Waals surface area (Å²) in [5, 5.41) is 4.03. The fraction of sp³-hybridized carbons (Fsp3) is 0.333. The summed E-state index contributed by atoms with van der Waals surface area (Å²) in [6.07, 6.45) is 0. The first kappa shape index (κ1) is 19.0. The van der Waals surface area contributed by atoms with Crippen molar-refractivity contribution in [2.45, 2.75) is 31.8 Å².